The topological polar surface area (TPSA) is 95.9 Å². The molecule has 0 fully saturated rings. The number of fused-ring (bicyclic) bond motifs is 1. The van der Waals surface area contributed by atoms with Crippen molar-refractivity contribution in [3.05, 3.63) is 26.5 Å². The second kappa shape index (κ2) is 2.03. The van der Waals surface area contributed by atoms with Gasteiger partial charge < -0.3 is 0 Å². The number of hydrogen-bond acceptors (Lipinski definition) is 4. The van der Waals surface area contributed by atoms with E-state index >= 15 is 0 Å². The number of aryl methyl sites for hydroxylation is 1. The minimum atomic E-state index is -0.480. The van der Waals surface area contributed by atoms with E-state index in [1.165, 1.54) is 6.92 Å². The highest BCUT2D eigenvalue weighted by atomic mass is 16.2. The maximum absolute atomic E-state index is 11.2. The highest BCUT2D eigenvalue weighted by Crippen LogP contribution is 1.81. The van der Waals surface area contributed by atoms with Gasteiger partial charge in [-0.3, -0.25) is 9.78 Å². The standard InChI is InChI=1S/C5H5N5O2/c1-2-3(11)10-4(8-7-2)6-5(12)9-10/h1H3,(H2,6,8,9,12). The molecule has 2 aromatic rings. The van der Waals surface area contributed by atoms with Crippen LogP contribution in [0.3, 0.4) is 0 Å². The second-order valence-corrected chi connectivity index (χ2v) is 2.32. The summed E-state index contributed by atoms with van der Waals surface area (Å²) >= 11 is 0. The highest BCUT2D eigenvalue weighted by molar-refractivity contribution is 5.21. The van der Waals surface area contributed by atoms with E-state index in [0.717, 1.165) is 4.52 Å². The van der Waals surface area contributed by atoms with Crippen LogP contribution in [0.15, 0.2) is 9.59 Å². The average molecular weight is 167 g/mol. The van der Waals surface area contributed by atoms with Gasteiger partial charge in [-0.05, 0) is 6.92 Å². The van der Waals surface area contributed by atoms with Gasteiger partial charge in [0.2, 0.25) is 0 Å². The van der Waals surface area contributed by atoms with E-state index in [2.05, 4.69) is 20.3 Å². The highest BCUT2D eigenvalue weighted by Gasteiger charge is 2.03. The average Bonchev–Trinajstić information content (AvgIpc) is 2.39. The molecule has 0 radical (unpaired) electrons. The first kappa shape index (κ1) is 6.77. The molecule has 7 nitrogen and oxygen atoms in total. The Balaban J connectivity index is 3.10. The van der Waals surface area contributed by atoms with Crippen molar-refractivity contribution in [3.63, 3.8) is 0 Å². The van der Waals surface area contributed by atoms with Crippen LogP contribution in [-0.4, -0.2) is 24.8 Å². The van der Waals surface area contributed by atoms with Crippen molar-refractivity contribution in [1.29, 1.82) is 0 Å². The maximum atomic E-state index is 11.2. The summed E-state index contributed by atoms with van der Waals surface area (Å²) in [6.07, 6.45) is 0. The number of nitrogens with one attached hydrogen (secondary N) is 2. The first-order valence-electron chi connectivity index (χ1n) is 3.23. The van der Waals surface area contributed by atoms with Gasteiger partial charge in [-0.15, -0.1) is 10.2 Å². The molecule has 0 aliphatic carbocycles. The third-order valence-electron chi connectivity index (χ3n) is 1.46. The van der Waals surface area contributed by atoms with Gasteiger partial charge in [0, 0.05) is 0 Å². The molecule has 0 saturated carbocycles. The fourth-order valence-corrected chi connectivity index (χ4v) is 0.884. The van der Waals surface area contributed by atoms with Crippen LogP contribution >= 0.6 is 0 Å². The molecule has 0 aromatic carbocycles. The molecule has 2 heterocycles. The third kappa shape index (κ3) is 0.760. The van der Waals surface area contributed by atoms with Gasteiger partial charge in [-0.25, -0.2) is 9.89 Å². The quantitative estimate of drug-likeness (QED) is 0.494. The molecule has 0 unspecified atom stereocenters. The Bertz CT molecular complexity index is 532. The molecular formula is C5H5N5O2. The van der Waals surface area contributed by atoms with Crippen LogP contribution in [-0.2, 0) is 0 Å². The van der Waals surface area contributed by atoms with Crippen molar-refractivity contribution in [2.24, 2.45) is 0 Å². The van der Waals surface area contributed by atoms with Gasteiger partial charge in [-0.1, -0.05) is 0 Å². The first-order valence-corrected chi connectivity index (χ1v) is 3.23. The number of rotatable bonds is 0. The van der Waals surface area contributed by atoms with Crippen LogP contribution in [0.4, 0.5) is 0 Å². The van der Waals surface area contributed by atoms with Crippen molar-refractivity contribution in [3.8, 4) is 0 Å². The summed E-state index contributed by atoms with van der Waals surface area (Å²) in [5.74, 6) is 0.121. The van der Waals surface area contributed by atoms with Crippen LogP contribution in [0.5, 0.6) is 0 Å². The van der Waals surface area contributed by atoms with Crippen LogP contribution in [0.25, 0.3) is 5.78 Å². The summed E-state index contributed by atoms with van der Waals surface area (Å²) in [6.45, 7) is 1.52. The van der Waals surface area contributed by atoms with E-state index in [0.29, 0.717) is 0 Å². The molecule has 0 bridgehead atoms. The predicted octanol–water partition coefficient (Wildman–Crippen LogP) is -1.59. The summed E-state index contributed by atoms with van der Waals surface area (Å²) in [6, 6.07) is 0. The Morgan fingerprint density at radius 2 is 2.08 bits per heavy atom. The summed E-state index contributed by atoms with van der Waals surface area (Å²) in [5, 5.41) is 9.39. The lowest BCUT2D eigenvalue weighted by Gasteiger charge is -1.89. The maximum Gasteiger partial charge on any atom is 0.340 e. The Kier molecular flexibility index (Phi) is 1.15. The lowest BCUT2D eigenvalue weighted by molar-refractivity contribution is 0.817. The van der Waals surface area contributed by atoms with E-state index in [9.17, 15) is 9.59 Å². The summed E-state index contributed by atoms with van der Waals surface area (Å²) in [7, 11) is 0. The zero-order chi connectivity index (χ0) is 8.72. The van der Waals surface area contributed by atoms with Crippen molar-refractivity contribution in [2.75, 3.05) is 0 Å². The normalized spacial score (nSPS) is 10.8. The largest absolute Gasteiger partial charge is 0.340 e. The number of hydrogen-bond donors (Lipinski definition) is 2. The van der Waals surface area contributed by atoms with E-state index in [4.69, 9.17) is 0 Å². The molecule has 2 rings (SSSR count). The summed E-state index contributed by atoms with van der Waals surface area (Å²) in [5.41, 5.74) is -0.617. The minimum absolute atomic E-state index is 0.121. The summed E-state index contributed by atoms with van der Waals surface area (Å²) in [4.78, 5) is 24.2. The SMILES string of the molecule is Cc1nnc2[nH]c(=O)[nH]n2c1=O. The third-order valence-corrected chi connectivity index (χ3v) is 1.46. The number of aromatic nitrogens is 5. The molecule has 62 valence electrons. The fraction of sp³-hybridized carbons (Fsp3) is 0.200. The van der Waals surface area contributed by atoms with Crippen LogP contribution in [0.2, 0.25) is 0 Å². The zero-order valence-electron chi connectivity index (χ0n) is 6.16. The lowest BCUT2D eigenvalue weighted by atomic mass is 10.5. The van der Waals surface area contributed by atoms with Crippen LogP contribution in [0.1, 0.15) is 5.69 Å². The Hall–Kier alpha value is -1.92. The molecule has 2 N–H and O–H groups in total. The predicted molar refractivity (Wildman–Crippen MR) is 39.0 cm³/mol. The van der Waals surface area contributed by atoms with Gasteiger partial charge in [-0.2, -0.15) is 4.52 Å². The molecule has 12 heavy (non-hydrogen) atoms. The van der Waals surface area contributed by atoms with Gasteiger partial charge in [0.1, 0.15) is 5.69 Å². The zero-order valence-corrected chi connectivity index (χ0v) is 6.16. The molecular weight excluding hydrogens is 162 g/mol. The Morgan fingerprint density at radius 3 is 2.83 bits per heavy atom. The fourth-order valence-electron chi connectivity index (χ4n) is 0.884. The van der Waals surface area contributed by atoms with Crippen molar-refractivity contribution in [2.45, 2.75) is 6.92 Å². The smallest absolute Gasteiger partial charge is 0.273 e. The van der Waals surface area contributed by atoms with E-state index < -0.39 is 5.69 Å². The van der Waals surface area contributed by atoms with Gasteiger partial charge in [0.25, 0.3) is 11.3 Å². The number of H-pyrrole nitrogens is 2. The van der Waals surface area contributed by atoms with Gasteiger partial charge in [0.15, 0.2) is 0 Å². The second-order valence-electron chi connectivity index (χ2n) is 2.32. The first-order chi connectivity index (χ1) is 5.68. The molecule has 0 aliphatic rings. The minimum Gasteiger partial charge on any atom is -0.273 e. The molecule has 0 atom stereocenters. The molecule has 2 aromatic heterocycles. The van der Waals surface area contributed by atoms with Gasteiger partial charge >= 0.3 is 5.69 Å². The lowest BCUT2D eigenvalue weighted by Crippen LogP contribution is -2.20. The van der Waals surface area contributed by atoms with E-state index in [1.54, 1.807) is 0 Å². The van der Waals surface area contributed by atoms with Crippen LogP contribution < -0.4 is 11.2 Å². The number of aromatic amines is 2. The Morgan fingerprint density at radius 1 is 1.33 bits per heavy atom. The monoisotopic (exact) mass is 167 g/mol. The van der Waals surface area contributed by atoms with Crippen molar-refractivity contribution < 1.29 is 0 Å². The molecule has 0 spiro atoms. The van der Waals surface area contributed by atoms with Gasteiger partial charge in [0.05, 0.1) is 0 Å². The summed E-state index contributed by atoms with van der Waals surface area (Å²) < 4.78 is 1.02. The molecule has 0 saturated heterocycles. The number of nitrogens with zero attached hydrogens (tertiary/aromatic N) is 3. The molecule has 7 heteroatoms. The van der Waals surface area contributed by atoms with Crippen molar-refractivity contribution >= 4 is 5.78 Å². The van der Waals surface area contributed by atoms with E-state index in [-0.39, 0.29) is 17.0 Å². The Labute approximate surface area is 65.1 Å². The van der Waals surface area contributed by atoms with Crippen LogP contribution in [0, 0.1) is 6.92 Å². The van der Waals surface area contributed by atoms with E-state index in [1.807, 2.05) is 0 Å². The molecule has 0 amide bonds. The van der Waals surface area contributed by atoms with Crippen molar-refractivity contribution in [1.82, 2.24) is 24.8 Å². The molecule has 0 aliphatic heterocycles.